The summed E-state index contributed by atoms with van der Waals surface area (Å²) in [7, 11) is 2.06. The van der Waals surface area contributed by atoms with Crippen molar-refractivity contribution in [2.75, 3.05) is 13.6 Å². The molecule has 1 heterocycles. The van der Waals surface area contributed by atoms with E-state index in [0.29, 0.717) is 0 Å². The number of benzene rings is 2. The standard InChI is InChI=1S/C19H19N3O2/c1-21(14-17-8-3-7-16-10-11-20-19(16)17)12-4-6-15-5-2-9-18(13-15)22(23)24/h2-11,13,20H,12,14H2,1H3/b6-4+. The van der Waals surface area contributed by atoms with Crippen molar-refractivity contribution in [3.63, 3.8) is 0 Å². The van der Waals surface area contributed by atoms with Crippen LogP contribution in [0.1, 0.15) is 11.1 Å². The first-order chi connectivity index (χ1) is 11.6. The number of non-ortho nitro benzene ring substituents is 1. The molecule has 0 aliphatic heterocycles. The average Bonchev–Trinajstić information content (AvgIpc) is 3.05. The van der Waals surface area contributed by atoms with Crippen LogP contribution < -0.4 is 0 Å². The second-order valence-corrected chi connectivity index (χ2v) is 5.81. The highest BCUT2D eigenvalue weighted by Crippen LogP contribution is 2.18. The van der Waals surface area contributed by atoms with Gasteiger partial charge in [0.1, 0.15) is 0 Å². The maximum absolute atomic E-state index is 10.8. The van der Waals surface area contributed by atoms with Crippen molar-refractivity contribution in [3.05, 3.63) is 82.0 Å². The van der Waals surface area contributed by atoms with Gasteiger partial charge in [-0.3, -0.25) is 15.0 Å². The summed E-state index contributed by atoms with van der Waals surface area (Å²) in [6, 6.07) is 15.0. The molecule has 24 heavy (non-hydrogen) atoms. The zero-order valence-corrected chi connectivity index (χ0v) is 13.5. The summed E-state index contributed by atoms with van der Waals surface area (Å²) in [5, 5.41) is 12.0. The minimum absolute atomic E-state index is 0.115. The second kappa shape index (κ2) is 7.10. The fraction of sp³-hybridized carbons (Fsp3) is 0.158. The van der Waals surface area contributed by atoms with Crippen LogP contribution in [0.4, 0.5) is 5.69 Å². The summed E-state index contributed by atoms with van der Waals surface area (Å²) >= 11 is 0. The number of hydrogen-bond donors (Lipinski definition) is 1. The average molecular weight is 321 g/mol. The van der Waals surface area contributed by atoms with E-state index < -0.39 is 0 Å². The Bertz CT molecular complexity index is 883. The lowest BCUT2D eigenvalue weighted by Gasteiger charge is -2.15. The number of nitrogens with zero attached hydrogens (tertiary/aromatic N) is 2. The molecule has 5 nitrogen and oxygen atoms in total. The summed E-state index contributed by atoms with van der Waals surface area (Å²) < 4.78 is 0. The summed E-state index contributed by atoms with van der Waals surface area (Å²) in [4.78, 5) is 15.9. The highest BCUT2D eigenvalue weighted by Gasteiger charge is 2.05. The molecule has 0 aliphatic rings. The van der Waals surface area contributed by atoms with Gasteiger partial charge in [0.15, 0.2) is 0 Å². The molecule has 3 aromatic rings. The molecule has 0 fully saturated rings. The normalized spacial score (nSPS) is 11.6. The van der Waals surface area contributed by atoms with Crippen LogP contribution in [0, 0.1) is 10.1 Å². The van der Waals surface area contributed by atoms with Crippen molar-refractivity contribution in [1.29, 1.82) is 0 Å². The second-order valence-electron chi connectivity index (χ2n) is 5.81. The maximum Gasteiger partial charge on any atom is 0.270 e. The van der Waals surface area contributed by atoms with Gasteiger partial charge in [-0.1, -0.05) is 42.5 Å². The number of H-pyrrole nitrogens is 1. The first-order valence-electron chi connectivity index (χ1n) is 7.78. The molecule has 1 aromatic heterocycles. The lowest BCUT2D eigenvalue weighted by Crippen LogP contribution is -2.17. The molecule has 0 aliphatic carbocycles. The summed E-state index contributed by atoms with van der Waals surface area (Å²) in [6.07, 6.45) is 5.89. The van der Waals surface area contributed by atoms with E-state index in [-0.39, 0.29) is 10.6 Å². The Labute approximate surface area is 140 Å². The Morgan fingerprint density at radius 2 is 2.04 bits per heavy atom. The Morgan fingerprint density at radius 1 is 1.21 bits per heavy atom. The summed E-state index contributed by atoms with van der Waals surface area (Å²) in [5.41, 5.74) is 3.38. The van der Waals surface area contributed by atoms with Gasteiger partial charge >= 0.3 is 0 Å². The van der Waals surface area contributed by atoms with Crippen LogP contribution in [0.15, 0.2) is 60.8 Å². The van der Waals surface area contributed by atoms with Crippen molar-refractivity contribution in [2.24, 2.45) is 0 Å². The molecule has 0 atom stereocenters. The first kappa shape index (κ1) is 16.0. The number of aromatic amines is 1. The van der Waals surface area contributed by atoms with Crippen LogP contribution in [-0.2, 0) is 6.54 Å². The minimum atomic E-state index is -0.375. The fourth-order valence-electron chi connectivity index (χ4n) is 2.75. The van der Waals surface area contributed by atoms with E-state index in [1.165, 1.54) is 22.5 Å². The number of nitrogens with one attached hydrogen (secondary N) is 1. The molecule has 5 heteroatoms. The van der Waals surface area contributed by atoms with Gasteiger partial charge in [-0.2, -0.15) is 0 Å². The molecule has 2 aromatic carbocycles. The molecule has 0 amide bonds. The van der Waals surface area contributed by atoms with Gasteiger partial charge in [0.25, 0.3) is 5.69 Å². The summed E-state index contributed by atoms with van der Waals surface area (Å²) in [5.74, 6) is 0. The SMILES string of the molecule is CN(C/C=C/c1cccc([N+](=O)[O-])c1)Cc1cccc2cc[nH]c12. The fourth-order valence-corrected chi connectivity index (χ4v) is 2.75. The number of nitro groups is 1. The topological polar surface area (TPSA) is 62.2 Å². The number of likely N-dealkylation sites (N-methyl/N-ethyl adjacent to an activating group) is 1. The van der Waals surface area contributed by atoms with Gasteiger partial charge in [0.2, 0.25) is 0 Å². The Kier molecular flexibility index (Phi) is 4.72. The zero-order valence-electron chi connectivity index (χ0n) is 13.5. The molecule has 0 saturated carbocycles. The van der Waals surface area contributed by atoms with E-state index in [1.807, 2.05) is 24.4 Å². The molecule has 0 unspecified atom stereocenters. The minimum Gasteiger partial charge on any atom is -0.361 e. The molecule has 3 rings (SSSR count). The molecule has 0 radical (unpaired) electrons. The first-order valence-corrected chi connectivity index (χ1v) is 7.78. The molecule has 1 N–H and O–H groups in total. The van der Waals surface area contributed by atoms with Crippen LogP contribution in [-0.4, -0.2) is 28.4 Å². The van der Waals surface area contributed by atoms with Crippen LogP contribution in [0.5, 0.6) is 0 Å². The van der Waals surface area contributed by atoms with E-state index in [2.05, 4.69) is 41.2 Å². The smallest absolute Gasteiger partial charge is 0.270 e. The van der Waals surface area contributed by atoms with Crippen LogP contribution >= 0.6 is 0 Å². The molecule has 122 valence electrons. The Balaban J connectivity index is 1.63. The number of nitro benzene ring substituents is 1. The van der Waals surface area contributed by atoms with Gasteiger partial charge in [-0.15, -0.1) is 0 Å². The monoisotopic (exact) mass is 321 g/mol. The molecular formula is C19H19N3O2. The van der Waals surface area contributed by atoms with Crippen LogP contribution in [0.25, 0.3) is 17.0 Å². The molecule has 0 spiro atoms. The quantitative estimate of drug-likeness (QED) is 0.546. The lowest BCUT2D eigenvalue weighted by atomic mass is 10.1. The van der Waals surface area contributed by atoms with Crippen molar-refractivity contribution < 1.29 is 4.92 Å². The molecule has 0 bridgehead atoms. The number of fused-ring (bicyclic) bond motifs is 1. The third-order valence-corrected chi connectivity index (χ3v) is 3.92. The van der Waals surface area contributed by atoms with Gasteiger partial charge in [-0.25, -0.2) is 0 Å². The predicted octanol–water partition coefficient (Wildman–Crippen LogP) is 4.22. The van der Waals surface area contributed by atoms with Gasteiger partial charge < -0.3 is 4.98 Å². The van der Waals surface area contributed by atoms with Gasteiger partial charge in [-0.05, 0) is 29.6 Å². The number of aromatic nitrogens is 1. The zero-order chi connectivity index (χ0) is 16.9. The van der Waals surface area contributed by atoms with E-state index in [1.54, 1.807) is 12.1 Å². The third kappa shape index (κ3) is 3.70. The van der Waals surface area contributed by atoms with Crippen molar-refractivity contribution in [1.82, 2.24) is 9.88 Å². The van der Waals surface area contributed by atoms with Crippen molar-refractivity contribution in [2.45, 2.75) is 6.54 Å². The number of rotatable bonds is 6. The molecule has 0 saturated heterocycles. The number of para-hydroxylation sites is 1. The van der Waals surface area contributed by atoms with Crippen LogP contribution in [0.3, 0.4) is 0 Å². The number of hydrogen-bond acceptors (Lipinski definition) is 3. The lowest BCUT2D eigenvalue weighted by molar-refractivity contribution is -0.384. The van der Waals surface area contributed by atoms with Crippen molar-refractivity contribution in [3.8, 4) is 0 Å². The summed E-state index contributed by atoms with van der Waals surface area (Å²) in [6.45, 7) is 1.59. The predicted molar refractivity (Wildman–Crippen MR) is 96.8 cm³/mol. The highest BCUT2D eigenvalue weighted by molar-refractivity contribution is 5.82. The Morgan fingerprint density at radius 3 is 2.88 bits per heavy atom. The largest absolute Gasteiger partial charge is 0.361 e. The van der Waals surface area contributed by atoms with Gasteiger partial charge in [0, 0.05) is 36.9 Å². The van der Waals surface area contributed by atoms with Crippen molar-refractivity contribution >= 4 is 22.7 Å². The Hall–Kier alpha value is -2.92. The maximum atomic E-state index is 10.8. The van der Waals surface area contributed by atoms with Crippen LogP contribution in [0.2, 0.25) is 0 Å². The van der Waals surface area contributed by atoms with E-state index in [0.717, 1.165) is 18.7 Å². The van der Waals surface area contributed by atoms with Gasteiger partial charge in [0.05, 0.1) is 4.92 Å². The van der Waals surface area contributed by atoms with E-state index >= 15 is 0 Å². The molecular weight excluding hydrogens is 302 g/mol. The third-order valence-electron chi connectivity index (χ3n) is 3.92. The van der Waals surface area contributed by atoms with E-state index in [4.69, 9.17) is 0 Å². The highest BCUT2D eigenvalue weighted by atomic mass is 16.6. The van der Waals surface area contributed by atoms with E-state index in [9.17, 15) is 10.1 Å².